The van der Waals surface area contributed by atoms with Gasteiger partial charge in [0.2, 0.25) is 11.8 Å². The summed E-state index contributed by atoms with van der Waals surface area (Å²) in [5, 5.41) is 12.0. The molecule has 24 heavy (non-hydrogen) atoms. The highest BCUT2D eigenvalue weighted by Crippen LogP contribution is 2.20. The normalized spacial score (nSPS) is 10.6. The summed E-state index contributed by atoms with van der Waals surface area (Å²) >= 11 is 7.25. The van der Waals surface area contributed by atoms with Crippen LogP contribution in [-0.4, -0.2) is 32.3 Å². The van der Waals surface area contributed by atoms with Crippen LogP contribution in [0, 0.1) is 6.92 Å². The van der Waals surface area contributed by atoms with Gasteiger partial charge in [0.25, 0.3) is 0 Å². The summed E-state index contributed by atoms with van der Waals surface area (Å²) < 4.78 is 1.75. The molecule has 0 aliphatic heterocycles. The Morgan fingerprint density at radius 3 is 2.79 bits per heavy atom. The van der Waals surface area contributed by atoms with Gasteiger partial charge in [-0.3, -0.25) is 9.59 Å². The number of anilines is 1. The molecule has 2 amide bonds. The molecule has 1 aromatic carbocycles. The lowest BCUT2D eigenvalue weighted by Gasteiger charge is -2.07. The lowest BCUT2D eigenvalue weighted by atomic mass is 10.2. The Balaban J connectivity index is 1.89. The summed E-state index contributed by atoms with van der Waals surface area (Å²) in [4.78, 5) is 22.8. The SMILES string of the molecule is Cc1ccc(NC(=O)CCc2nnc(SCC(N)=O)n2C)cc1Cl. The molecule has 0 unspecified atom stereocenters. The fourth-order valence-corrected chi connectivity index (χ4v) is 2.79. The number of carbonyl (C=O) groups excluding carboxylic acids is 2. The third kappa shape index (κ3) is 4.97. The largest absolute Gasteiger partial charge is 0.369 e. The smallest absolute Gasteiger partial charge is 0.227 e. The van der Waals surface area contributed by atoms with E-state index in [-0.39, 0.29) is 18.1 Å². The van der Waals surface area contributed by atoms with Gasteiger partial charge in [-0.2, -0.15) is 0 Å². The third-order valence-electron chi connectivity index (χ3n) is 3.30. The minimum Gasteiger partial charge on any atom is -0.369 e. The van der Waals surface area contributed by atoms with Gasteiger partial charge in [0.1, 0.15) is 5.82 Å². The Morgan fingerprint density at radius 2 is 2.12 bits per heavy atom. The zero-order valence-corrected chi connectivity index (χ0v) is 14.9. The molecule has 0 atom stereocenters. The highest BCUT2D eigenvalue weighted by atomic mass is 35.5. The second-order valence-corrected chi connectivity index (χ2v) is 6.57. The number of benzene rings is 1. The van der Waals surface area contributed by atoms with Gasteiger partial charge in [-0.1, -0.05) is 29.4 Å². The van der Waals surface area contributed by atoms with Crippen molar-refractivity contribution in [3.63, 3.8) is 0 Å². The van der Waals surface area contributed by atoms with Gasteiger partial charge in [0.15, 0.2) is 5.16 Å². The average molecular weight is 368 g/mol. The molecule has 0 aliphatic rings. The Hall–Kier alpha value is -2.06. The topological polar surface area (TPSA) is 103 Å². The van der Waals surface area contributed by atoms with E-state index in [0.29, 0.717) is 28.1 Å². The molecule has 1 aromatic heterocycles. The molecular formula is C15H18ClN5O2S. The average Bonchev–Trinajstić information content (AvgIpc) is 2.87. The molecule has 0 spiro atoms. The molecule has 0 bridgehead atoms. The molecule has 7 nitrogen and oxygen atoms in total. The summed E-state index contributed by atoms with van der Waals surface area (Å²) in [7, 11) is 1.79. The molecule has 2 aromatic rings. The number of primary amides is 1. The molecule has 0 saturated heterocycles. The predicted octanol–water partition coefficient (Wildman–Crippen LogP) is 1.93. The molecule has 0 aliphatic carbocycles. The van der Waals surface area contributed by atoms with E-state index in [1.54, 1.807) is 23.7 Å². The van der Waals surface area contributed by atoms with Crippen LogP contribution in [0.3, 0.4) is 0 Å². The predicted molar refractivity (Wildman–Crippen MR) is 94.1 cm³/mol. The minimum atomic E-state index is -0.416. The number of aromatic nitrogens is 3. The van der Waals surface area contributed by atoms with Crippen LogP contribution >= 0.6 is 23.4 Å². The molecule has 2 rings (SSSR count). The van der Waals surface area contributed by atoms with E-state index in [1.165, 1.54) is 11.8 Å². The number of hydrogen-bond donors (Lipinski definition) is 2. The fourth-order valence-electron chi connectivity index (χ4n) is 1.94. The number of rotatable bonds is 7. The molecule has 0 fully saturated rings. The minimum absolute atomic E-state index is 0.135. The molecule has 0 radical (unpaired) electrons. The Labute approximate surface area is 149 Å². The molecule has 1 heterocycles. The lowest BCUT2D eigenvalue weighted by Crippen LogP contribution is -2.14. The van der Waals surface area contributed by atoms with Crippen LogP contribution in [0.1, 0.15) is 17.8 Å². The first-order chi connectivity index (χ1) is 11.4. The van der Waals surface area contributed by atoms with Gasteiger partial charge in [-0.25, -0.2) is 0 Å². The quantitative estimate of drug-likeness (QED) is 0.728. The molecular weight excluding hydrogens is 350 g/mol. The van der Waals surface area contributed by atoms with Crippen LogP contribution in [0.25, 0.3) is 0 Å². The van der Waals surface area contributed by atoms with E-state index in [1.807, 2.05) is 13.0 Å². The van der Waals surface area contributed by atoms with Gasteiger partial charge >= 0.3 is 0 Å². The number of hydrogen-bond acceptors (Lipinski definition) is 5. The number of amides is 2. The summed E-state index contributed by atoms with van der Waals surface area (Å²) in [6, 6.07) is 5.37. The van der Waals surface area contributed by atoms with Crippen LogP contribution in [0.15, 0.2) is 23.4 Å². The van der Waals surface area contributed by atoms with Crippen LogP contribution in [0.4, 0.5) is 5.69 Å². The number of nitrogens with one attached hydrogen (secondary N) is 1. The van der Waals surface area contributed by atoms with Crippen molar-refractivity contribution < 1.29 is 9.59 Å². The zero-order chi connectivity index (χ0) is 17.7. The third-order valence-corrected chi connectivity index (χ3v) is 4.75. The van der Waals surface area contributed by atoms with Crippen molar-refractivity contribution in [3.05, 3.63) is 34.6 Å². The maximum absolute atomic E-state index is 12.0. The maximum atomic E-state index is 12.0. The summed E-state index contributed by atoms with van der Waals surface area (Å²) in [6.07, 6.45) is 0.698. The van der Waals surface area contributed by atoms with E-state index in [9.17, 15) is 9.59 Å². The molecule has 0 saturated carbocycles. The first kappa shape index (κ1) is 18.3. The van der Waals surface area contributed by atoms with Gasteiger partial charge < -0.3 is 15.6 Å². The van der Waals surface area contributed by atoms with Crippen molar-refractivity contribution in [2.45, 2.75) is 24.9 Å². The van der Waals surface area contributed by atoms with Crippen LogP contribution in [-0.2, 0) is 23.1 Å². The van der Waals surface area contributed by atoms with Gasteiger partial charge in [-0.05, 0) is 24.6 Å². The van der Waals surface area contributed by atoms with E-state index in [0.717, 1.165) is 5.56 Å². The number of nitrogens with two attached hydrogens (primary N) is 1. The van der Waals surface area contributed by atoms with Crippen molar-refractivity contribution in [2.75, 3.05) is 11.1 Å². The van der Waals surface area contributed by atoms with E-state index >= 15 is 0 Å². The number of aryl methyl sites for hydroxylation is 2. The van der Waals surface area contributed by atoms with E-state index < -0.39 is 5.91 Å². The first-order valence-electron chi connectivity index (χ1n) is 7.22. The standard InChI is InChI=1S/C15H18ClN5O2S/c1-9-3-4-10(7-11(9)16)18-14(23)6-5-13-19-20-15(21(13)2)24-8-12(17)22/h3-4,7H,5-6,8H2,1-2H3,(H2,17,22)(H,18,23). The number of halogens is 1. The second-order valence-electron chi connectivity index (χ2n) is 5.22. The van der Waals surface area contributed by atoms with Crippen LogP contribution < -0.4 is 11.1 Å². The second kappa shape index (κ2) is 8.16. The van der Waals surface area contributed by atoms with Crippen molar-refractivity contribution in [1.29, 1.82) is 0 Å². The van der Waals surface area contributed by atoms with Gasteiger partial charge in [0, 0.05) is 30.6 Å². The molecule has 9 heteroatoms. The highest BCUT2D eigenvalue weighted by Gasteiger charge is 2.12. The Morgan fingerprint density at radius 1 is 1.38 bits per heavy atom. The first-order valence-corrected chi connectivity index (χ1v) is 8.58. The maximum Gasteiger partial charge on any atom is 0.227 e. The highest BCUT2D eigenvalue weighted by molar-refractivity contribution is 7.99. The van der Waals surface area contributed by atoms with Crippen molar-refractivity contribution in [3.8, 4) is 0 Å². The molecule has 128 valence electrons. The summed E-state index contributed by atoms with van der Waals surface area (Å²) in [5.74, 6) is 0.254. The number of carbonyl (C=O) groups is 2. The van der Waals surface area contributed by atoms with Crippen LogP contribution in [0.5, 0.6) is 0 Å². The molecule has 3 N–H and O–H groups in total. The Bertz CT molecular complexity index is 762. The summed E-state index contributed by atoms with van der Waals surface area (Å²) in [5.41, 5.74) is 6.72. The Kier molecular flexibility index (Phi) is 6.22. The van der Waals surface area contributed by atoms with E-state index in [4.69, 9.17) is 17.3 Å². The van der Waals surface area contributed by atoms with E-state index in [2.05, 4.69) is 15.5 Å². The zero-order valence-electron chi connectivity index (χ0n) is 13.4. The van der Waals surface area contributed by atoms with Crippen LogP contribution in [0.2, 0.25) is 5.02 Å². The lowest BCUT2D eigenvalue weighted by molar-refractivity contribution is -0.116. The van der Waals surface area contributed by atoms with Gasteiger partial charge in [0.05, 0.1) is 5.75 Å². The summed E-state index contributed by atoms with van der Waals surface area (Å²) in [6.45, 7) is 1.90. The van der Waals surface area contributed by atoms with Crippen molar-refractivity contribution in [2.24, 2.45) is 12.8 Å². The van der Waals surface area contributed by atoms with Crippen molar-refractivity contribution in [1.82, 2.24) is 14.8 Å². The van der Waals surface area contributed by atoms with Gasteiger partial charge in [-0.15, -0.1) is 10.2 Å². The number of nitrogens with zero attached hydrogens (tertiary/aromatic N) is 3. The monoisotopic (exact) mass is 367 g/mol. The number of thioether (sulfide) groups is 1. The van der Waals surface area contributed by atoms with Crippen molar-refractivity contribution >= 4 is 40.9 Å². The fraction of sp³-hybridized carbons (Fsp3) is 0.333.